The van der Waals surface area contributed by atoms with Gasteiger partial charge in [-0.05, 0) is 54.1 Å². The highest BCUT2D eigenvalue weighted by Gasteiger charge is 2.41. The quantitative estimate of drug-likeness (QED) is 0.0662. The van der Waals surface area contributed by atoms with Crippen LogP contribution in [0.5, 0.6) is 5.75 Å². The molecule has 4 aromatic heterocycles. The number of alkyl halides is 3. The van der Waals surface area contributed by atoms with Gasteiger partial charge in [-0.15, -0.1) is 0 Å². The first-order chi connectivity index (χ1) is 30.0. The lowest BCUT2D eigenvalue weighted by Gasteiger charge is -2.14. The van der Waals surface area contributed by atoms with Gasteiger partial charge in [0.2, 0.25) is 0 Å². The molecule has 0 spiro atoms. The summed E-state index contributed by atoms with van der Waals surface area (Å²) in [5.74, 6) is -4.00. The van der Waals surface area contributed by atoms with Crippen LogP contribution < -0.4 is 37.7 Å². The van der Waals surface area contributed by atoms with Gasteiger partial charge < -0.3 is 37.1 Å². The maximum absolute atomic E-state index is 14.5. The van der Waals surface area contributed by atoms with Crippen molar-refractivity contribution in [3.8, 4) is 22.7 Å². The Morgan fingerprint density at radius 1 is 0.921 bits per heavy atom. The molecular weight excluding hydrogens is 854 g/mol. The van der Waals surface area contributed by atoms with Crippen molar-refractivity contribution in [1.29, 1.82) is 0 Å². The monoisotopic (exact) mass is 885 g/mol. The minimum absolute atomic E-state index is 0.0155. The molecule has 4 amide bonds. The van der Waals surface area contributed by atoms with Crippen molar-refractivity contribution in [2.45, 2.75) is 19.3 Å². The smallest absolute Gasteiger partial charge is 0.434 e. The number of aromatic nitrogens is 6. The third kappa shape index (κ3) is 9.03. The second kappa shape index (κ2) is 17.5. The van der Waals surface area contributed by atoms with Gasteiger partial charge in [-0.3, -0.25) is 24.0 Å². The maximum Gasteiger partial charge on any atom is 0.434 e. The van der Waals surface area contributed by atoms with Crippen LogP contribution >= 0.6 is 11.6 Å². The number of nitrogens with two attached hydrogens (primary N) is 2. The van der Waals surface area contributed by atoms with Crippen LogP contribution in [-0.2, 0) is 19.3 Å². The van der Waals surface area contributed by atoms with E-state index in [1.807, 2.05) is 0 Å². The van der Waals surface area contributed by atoms with E-state index >= 15 is 0 Å². The van der Waals surface area contributed by atoms with E-state index in [4.69, 9.17) is 27.8 Å². The zero-order valence-electron chi connectivity index (χ0n) is 32.5. The number of amides is 4. The highest BCUT2D eigenvalue weighted by molar-refractivity contribution is 6.30. The third-order valence-corrected chi connectivity index (χ3v) is 9.71. The van der Waals surface area contributed by atoms with E-state index in [-0.39, 0.29) is 81.0 Å². The number of halogens is 5. The van der Waals surface area contributed by atoms with Gasteiger partial charge in [-0.1, -0.05) is 41.9 Å². The van der Waals surface area contributed by atoms with Crippen molar-refractivity contribution in [3.63, 3.8) is 0 Å². The molecule has 0 aliphatic carbocycles. The Bertz CT molecular complexity index is 3000. The molecule has 0 bridgehead atoms. The molecule has 322 valence electrons. The number of hydrogen-bond donors (Lipinski definition) is 6. The zero-order valence-corrected chi connectivity index (χ0v) is 33.3. The Morgan fingerprint density at radius 3 is 2.40 bits per heavy atom. The van der Waals surface area contributed by atoms with E-state index in [1.54, 1.807) is 24.3 Å². The van der Waals surface area contributed by atoms with E-state index in [0.29, 0.717) is 15.8 Å². The number of H-pyrrole nitrogens is 1. The van der Waals surface area contributed by atoms with Gasteiger partial charge in [0, 0.05) is 41.3 Å². The number of carbonyl (C=O) groups is 4. The Hall–Kier alpha value is -8.07. The summed E-state index contributed by atoms with van der Waals surface area (Å²) < 4.78 is 64.3. The van der Waals surface area contributed by atoms with E-state index in [9.17, 15) is 41.5 Å². The largest absolute Gasteiger partial charge is 0.496 e. The molecule has 0 radical (unpaired) electrons. The van der Waals surface area contributed by atoms with E-state index in [2.05, 4.69) is 36.1 Å². The van der Waals surface area contributed by atoms with Crippen molar-refractivity contribution in [2.24, 2.45) is 5.73 Å². The van der Waals surface area contributed by atoms with Gasteiger partial charge in [-0.25, -0.2) is 18.7 Å². The summed E-state index contributed by atoms with van der Waals surface area (Å²) in [6.07, 6.45) is -3.09. The fourth-order valence-electron chi connectivity index (χ4n) is 6.62. The summed E-state index contributed by atoms with van der Waals surface area (Å²) >= 11 is 6.14. The number of nitrogens with one attached hydrogen (secondary N) is 4. The lowest BCUT2D eigenvalue weighted by Crippen LogP contribution is -2.29. The molecule has 0 aliphatic heterocycles. The van der Waals surface area contributed by atoms with Crippen molar-refractivity contribution < 1.29 is 41.5 Å². The molecule has 3 aromatic carbocycles. The van der Waals surface area contributed by atoms with Crippen LogP contribution in [0.4, 0.5) is 29.1 Å². The van der Waals surface area contributed by atoms with E-state index in [0.717, 1.165) is 24.4 Å². The van der Waals surface area contributed by atoms with Gasteiger partial charge in [0.25, 0.3) is 29.2 Å². The van der Waals surface area contributed by atoms with Gasteiger partial charge in [0.15, 0.2) is 5.69 Å². The minimum atomic E-state index is -5.08. The average molecular weight is 886 g/mol. The molecule has 4 heterocycles. The molecule has 0 fully saturated rings. The highest BCUT2D eigenvalue weighted by atomic mass is 35.5. The van der Waals surface area contributed by atoms with Crippen LogP contribution in [0.25, 0.3) is 27.7 Å². The van der Waals surface area contributed by atoms with Crippen LogP contribution in [0.2, 0.25) is 5.15 Å². The minimum Gasteiger partial charge on any atom is -0.496 e. The number of aromatic amines is 1. The summed E-state index contributed by atoms with van der Waals surface area (Å²) in [6, 6.07) is 17.9. The molecule has 8 N–H and O–H groups in total. The molecule has 0 aliphatic rings. The van der Waals surface area contributed by atoms with Gasteiger partial charge in [-0.2, -0.15) is 23.4 Å². The highest BCUT2D eigenvalue weighted by Crippen LogP contribution is 2.35. The topological polar surface area (TPSA) is 247 Å². The normalized spacial score (nSPS) is 11.3. The van der Waals surface area contributed by atoms with Crippen LogP contribution in [0.3, 0.4) is 0 Å². The molecular formula is C41H32ClF4N11O6. The third-order valence-electron chi connectivity index (χ3n) is 9.52. The van der Waals surface area contributed by atoms with Crippen LogP contribution in [-0.4, -0.2) is 66.8 Å². The second-order valence-corrected chi connectivity index (χ2v) is 13.9. The molecule has 7 rings (SSSR count). The van der Waals surface area contributed by atoms with Crippen LogP contribution in [0.15, 0.2) is 96.1 Å². The molecule has 0 saturated carbocycles. The fraction of sp³-hybridized carbons (Fsp3) is 0.122. The molecule has 7 aromatic rings. The number of anilines is 2. The van der Waals surface area contributed by atoms with Gasteiger partial charge >= 0.3 is 6.18 Å². The standard InChI is InChI=1S/C41H32ClF4N11O6/c1-63-30-10-9-22(43)15-26(30)38(60)51-18-20-5-7-21(8-6-20)33-32(36(48)58)35(47)56(55-33)14-13-50-40(62)28-16-23(17-31(42)54-28)53-39(61)27-19-52-57(34(27)41(44,45)46)29-4-2-3-25-24(29)11-12-49-37(25)59/h2-12,15-17,19H,13-14,18,47H2,1H3,(H2,48,58)(H,49,59)(H,50,62)(H,51,60)(H,53,54,61). The fourth-order valence-corrected chi connectivity index (χ4v) is 6.82. The molecule has 63 heavy (non-hydrogen) atoms. The molecule has 22 heteroatoms. The summed E-state index contributed by atoms with van der Waals surface area (Å²) in [5.41, 5.74) is 9.64. The Kier molecular flexibility index (Phi) is 12.0. The van der Waals surface area contributed by atoms with Crippen molar-refractivity contribution in [2.75, 3.05) is 24.7 Å². The van der Waals surface area contributed by atoms with Crippen molar-refractivity contribution >= 4 is 57.5 Å². The first-order valence-electron chi connectivity index (χ1n) is 18.4. The SMILES string of the molecule is COc1ccc(F)cc1C(=O)NCc1ccc(-c2nn(CCNC(=O)c3cc(NC(=O)c4cnn(-c5cccc6c(=O)[nH]ccc56)c4C(F)(F)F)cc(Cl)n3)c(N)c2C(N)=O)cc1. The first-order valence-corrected chi connectivity index (χ1v) is 18.8. The van der Waals surface area contributed by atoms with Gasteiger partial charge in [0.1, 0.15) is 39.5 Å². The number of carbonyl (C=O) groups excluding carboxylic acids is 4. The number of nitrogens with zero attached hydrogens (tertiary/aromatic N) is 5. The number of methoxy groups -OCH3 is 1. The maximum atomic E-state index is 14.5. The predicted molar refractivity (Wildman–Crippen MR) is 221 cm³/mol. The number of ether oxygens (including phenoxy) is 1. The Labute approximate surface area is 357 Å². The van der Waals surface area contributed by atoms with Crippen LogP contribution in [0.1, 0.15) is 52.8 Å². The molecule has 0 atom stereocenters. The number of fused-ring (bicyclic) bond motifs is 1. The van der Waals surface area contributed by atoms with Gasteiger partial charge in [0.05, 0.1) is 36.7 Å². The Balaban J connectivity index is 1.02. The molecule has 0 unspecified atom stereocenters. The lowest BCUT2D eigenvalue weighted by molar-refractivity contribution is -0.143. The average Bonchev–Trinajstić information content (AvgIpc) is 3.85. The van der Waals surface area contributed by atoms with Crippen molar-refractivity contribution in [3.05, 3.63) is 146 Å². The summed E-state index contributed by atoms with van der Waals surface area (Å²) in [7, 11) is 1.36. The summed E-state index contributed by atoms with van der Waals surface area (Å²) in [5, 5.41) is 15.8. The summed E-state index contributed by atoms with van der Waals surface area (Å²) in [6.45, 7) is -0.151. The predicted octanol–water partition coefficient (Wildman–Crippen LogP) is 5.09. The number of primary amides is 1. The summed E-state index contributed by atoms with van der Waals surface area (Å²) in [4.78, 5) is 70.5. The van der Waals surface area contributed by atoms with Crippen molar-refractivity contribution in [1.82, 2.24) is 40.2 Å². The van der Waals surface area contributed by atoms with Crippen LogP contribution in [0, 0.1) is 5.82 Å². The number of hydrogen-bond acceptors (Lipinski definition) is 10. The number of benzene rings is 3. The Morgan fingerprint density at radius 2 is 1.68 bits per heavy atom. The first kappa shape index (κ1) is 43.0. The van der Waals surface area contributed by atoms with E-state index < -0.39 is 52.4 Å². The molecule has 0 saturated heterocycles. The number of rotatable bonds is 13. The lowest BCUT2D eigenvalue weighted by atomic mass is 10.0. The number of pyridine rings is 2. The zero-order chi connectivity index (χ0) is 45.2. The number of nitrogen functional groups attached to an aromatic ring is 1. The second-order valence-electron chi connectivity index (χ2n) is 13.6. The van der Waals surface area contributed by atoms with E-state index in [1.165, 1.54) is 54.4 Å². The molecule has 17 nitrogen and oxygen atoms in total.